The molecule has 14 nitrogen and oxygen atoms in total. The van der Waals surface area contributed by atoms with Crippen LogP contribution in [0.15, 0.2) is 0 Å². The van der Waals surface area contributed by atoms with Crippen molar-refractivity contribution in [2.45, 2.75) is 26.7 Å². The number of carbonyl (C=O) groups excluding carboxylic acids is 2. The molecule has 2 heterocycles. The van der Waals surface area contributed by atoms with Crippen molar-refractivity contribution in [2.24, 2.45) is 25.6 Å². The van der Waals surface area contributed by atoms with E-state index in [0.717, 1.165) is 4.68 Å². The molecule has 0 fully saturated rings. The minimum absolute atomic E-state index is 0.160. The predicted octanol–water partition coefficient (Wildman–Crippen LogP) is -0.0208. The first-order valence-electron chi connectivity index (χ1n) is 7.97. The fraction of sp³-hybridized carbons (Fsp3) is 0.429. The minimum atomic E-state index is -0.882. The number of hydrogen-bond donors (Lipinski definition) is 2. The molecule has 0 unspecified atom stereocenters. The van der Waals surface area contributed by atoms with Gasteiger partial charge in [0.2, 0.25) is 11.4 Å². The molecular weight excluding hydrogens is 376 g/mol. The van der Waals surface area contributed by atoms with E-state index in [-0.39, 0.29) is 28.5 Å². The van der Waals surface area contributed by atoms with E-state index in [1.54, 1.807) is 13.8 Å². The zero-order valence-corrected chi connectivity index (χ0v) is 15.7. The molecule has 4 N–H and O–H groups in total. The standard InChI is InChI=1S/2C7H10N4O3/c1-3-4-6(11(13)14)5(7(8)12)9-10(4)2;1-3-4-5(11(13)14)6(7(8)12)10(2)9-4/h2*3H2,1-2H3,(H2,8,12). The van der Waals surface area contributed by atoms with E-state index in [0.29, 0.717) is 18.5 Å². The Labute approximate surface area is 158 Å². The molecule has 28 heavy (non-hydrogen) atoms. The summed E-state index contributed by atoms with van der Waals surface area (Å²) in [6.45, 7) is 3.47. The highest BCUT2D eigenvalue weighted by Gasteiger charge is 2.29. The highest BCUT2D eigenvalue weighted by Crippen LogP contribution is 2.23. The molecule has 0 spiro atoms. The van der Waals surface area contributed by atoms with Crippen LogP contribution in [0.1, 0.15) is 46.2 Å². The minimum Gasteiger partial charge on any atom is -0.364 e. The molecule has 0 radical (unpaired) electrons. The summed E-state index contributed by atoms with van der Waals surface area (Å²) in [5.41, 5.74) is 9.63. The molecule has 0 atom stereocenters. The highest BCUT2D eigenvalue weighted by atomic mass is 16.6. The molecule has 14 heteroatoms. The number of aromatic nitrogens is 4. The Hall–Kier alpha value is -3.84. The second-order valence-electron chi connectivity index (χ2n) is 5.48. The Kier molecular flexibility index (Phi) is 6.90. The Morgan fingerprint density at radius 2 is 1.46 bits per heavy atom. The summed E-state index contributed by atoms with van der Waals surface area (Å²) in [5, 5.41) is 28.9. The first-order valence-corrected chi connectivity index (χ1v) is 7.97. The van der Waals surface area contributed by atoms with Crippen LogP contribution in [0.25, 0.3) is 0 Å². The molecule has 0 aliphatic carbocycles. The van der Waals surface area contributed by atoms with Crippen molar-refractivity contribution >= 4 is 23.2 Å². The van der Waals surface area contributed by atoms with Gasteiger partial charge in [0.05, 0.1) is 9.85 Å². The van der Waals surface area contributed by atoms with Gasteiger partial charge in [0.15, 0.2) is 0 Å². The second kappa shape index (κ2) is 8.70. The van der Waals surface area contributed by atoms with E-state index in [2.05, 4.69) is 10.2 Å². The van der Waals surface area contributed by atoms with Gasteiger partial charge in [0.1, 0.15) is 11.4 Å². The SMILES string of the molecule is CCc1c([N+](=O)[O-])c(C(N)=O)nn1C.CCc1nn(C)c(C(N)=O)c1[N+](=O)[O-]. The van der Waals surface area contributed by atoms with Crippen LogP contribution in [0.4, 0.5) is 11.4 Å². The van der Waals surface area contributed by atoms with E-state index in [1.807, 2.05) is 0 Å². The second-order valence-corrected chi connectivity index (χ2v) is 5.48. The molecular formula is C14H20N8O6. The Morgan fingerprint density at radius 1 is 0.929 bits per heavy atom. The van der Waals surface area contributed by atoms with Gasteiger partial charge in [-0.05, 0) is 12.8 Å². The molecule has 152 valence electrons. The van der Waals surface area contributed by atoms with E-state index < -0.39 is 21.7 Å². The quantitative estimate of drug-likeness (QED) is 0.499. The molecule has 2 aromatic heterocycles. The maximum absolute atomic E-state index is 10.9. The lowest BCUT2D eigenvalue weighted by molar-refractivity contribution is -0.386. The third-order valence-electron chi connectivity index (χ3n) is 3.73. The van der Waals surface area contributed by atoms with Crippen LogP contribution in [-0.4, -0.2) is 41.2 Å². The summed E-state index contributed by atoms with van der Waals surface area (Å²) in [5.74, 6) is -1.72. The highest BCUT2D eigenvalue weighted by molar-refractivity contribution is 5.96. The summed E-state index contributed by atoms with van der Waals surface area (Å²) in [6.07, 6.45) is 0.810. The van der Waals surface area contributed by atoms with Gasteiger partial charge < -0.3 is 11.5 Å². The number of rotatable bonds is 6. The third-order valence-corrected chi connectivity index (χ3v) is 3.73. The summed E-state index contributed by atoms with van der Waals surface area (Å²) in [4.78, 5) is 41.8. The average molecular weight is 396 g/mol. The van der Waals surface area contributed by atoms with Crippen LogP contribution in [0.2, 0.25) is 0 Å². The summed E-state index contributed by atoms with van der Waals surface area (Å²) in [7, 11) is 2.99. The zero-order valence-electron chi connectivity index (χ0n) is 15.7. The molecule has 2 aromatic rings. The molecule has 2 rings (SSSR count). The first kappa shape index (κ1) is 22.2. The largest absolute Gasteiger partial charge is 0.364 e. The van der Waals surface area contributed by atoms with Crippen LogP contribution >= 0.6 is 0 Å². The van der Waals surface area contributed by atoms with Crippen molar-refractivity contribution < 1.29 is 19.4 Å². The Morgan fingerprint density at radius 3 is 1.82 bits per heavy atom. The van der Waals surface area contributed by atoms with Crippen molar-refractivity contribution in [1.82, 2.24) is 19.6 Å². The van der Waals surface area contributed by atoms with Crippen molar-refractivity contribution in [1.29, 1.82) is 0 Å². The number of nitro groups is 2. The molecule has 0 saturated heterocycles. The first-order chi connectivity index (χ1) is 13.0. The molecule has 0 aromatic carbocycles. The van der Waals surface area contributed by atoms with Crippen molar-refractivity contribution in [3.05, 3.63) is 43.0 Å². The number of amides is 2. The lowest BCUT2D eigenvalue weighted by atomic mass is 10.2. The van der Waals surface area contributed by atoms with E-state index >= 15 is 0 Å². The number of nitrogens with zero attached hydrogens (tertiary/aromatic N) is 6. The molecule has 0 saturated carbocycles. The van der Waals surface area contributed by atoms with Crippen LogP contribution in [0, 0.1) is 20.2 Å². The molecule has 0 aliphatic rings. The van der Waals surface area contributed by atoms with Gasteiger partial charge in [-0.25, -0.2) is 0 Å². The van der Waals surface area contributed by atoms with Gasteiger partial charge in [-0.1, -0.05) is 13.8 Å². The van der Waals surface area contributed by atoms with Gasteiger partial charge in [0, 0.05) is 14.1 Å². The molecule has 0 bridgehead atoms. The Bertz CT molecular complexity index is 932. The van der Waals surface area contributed by atoms with Gasteiger partial charge in [-0.3, -0.25) is 39.2 Å². The lowest BCUT2D eigenvalue weighted by Gasteiger charge is -1.94. The summed E-state index contributed by atoms with van der Waals surface area (Å²) >= 11 is 0. The number of primary amides is 2. The lowest BCUT2D eigenvalue weighted by Crippen LogP contribution is -2.17. The molecule has 2 amide bonds. The van der Waals surface area contributed by atoms with Crippen LogP contribution in [0.3, 0.4) is 0 Å². The number of hydrogen-bond acceptors (Lipinski definition) is 8. The van der Waals surface area contributed by atoms with Gasteiger partial charge in [-0.15, -0.1) is 0 Å². The van der Waals surface area contributed by atoms with Crippen molar-refractivity contribution in [3.63, 3.8) is 0 Å². The van der Waals surface area contributed by atoms with Crippen molar-refractivity contribution in [3.8, 4) is 0 Å². The maximum atomic E-state index is 10.9. The van der Waals surface area contributed by atoms with Crippen LogP contribution in [0.5, 0.6) is 0 Å². The fourth-order valence-electron chi connectivity index (χ4n) is 2.58. The number of aryl methyl sites for hydroxylation is 3. The van der Waals surface area contributed by atoms with Crippen LogP contribution in [-0.2, 0) is 26.9 Å². The molecule has 0 aliphatic heterocycles. The third kappa shape index (κ3) is 4.28. The maximum Gasteiger partial charge on any atom is 0.323 e. The fourth-order valence-corrected chi connectivity index (χ4v) is 2.58. The van der Waals surface area contributed by atoms with E-state index in [9.17, 15) is 29.8 Å². The zero-order chi connectivity index (χ0) is 21.8. The monoisotopic (exact) mass is 396 g/mol. The van der Waals surface area contributed by atoms with E-state index in [1.165, 1.54) is 18.8 Å². The van der Waals surface area contributed by atoms with E-state index in [4.69, 9.17) is 11.5 Å². The summed E-state index contributed by atoms with van der Waals surface area (Å²) < 4.78 is 2.44. The Balaban J connectivity index is 0.000000280. The van der Waals surface area contributed by atoms with Gasteiger partial charge in [-0.2, -0.15) is 10.2 Å². The topological polar surface area (TPSA) is 208 Å². The normalized spacial score (nSPS) is 10.1. The van der Waals surface area contributed by atoms with Crippen molar-refractivity contribution in [2.75, 3.05) is 0 Å². The number of nitrogens with two attached hydrogens (primary N) is 2. The summed E-state index contributed by atoms with van der Waals surface area (Å²) in [6, 6.07) is 0. The van der Waals surface area contributed by atoms with Gasteiger partial charge in [0.25, 0.3) is 11.8 Å². The number of carbonyl (C=O) groups is 2. The smallest absolute Gasteiger partial charge is 0.323 e. The predicted molar refractivity (Wildman–Crippen MR) is 95.5 cm³/mol. The van der Waals surface area contributed by atoms with Crippen LogP contribution < -0.4 is 11.5 Å². The van der Waals surface area contributed by atoms with Gasteiger partial charge >= 0.3 is 11.4 Å². The average Bonchev–Trinajstić information content (AvgIpc) is 3.12.